The van der Waals surface area contributed by atoms with E-state index in [0.29, 0.717) is 28.7 Å². The van der Waals surface area contributed by atoms with Crippen LogP contribution >= 0.6 is 11.3 Å². The van der Waals surface area contributed by atoms with Crippen LogP contribution in [0, 0.1) is 0 Å². The Balaban J connectivity index is 1.39. The Labute approximate surface area is 230 Å². The van der Waals surface area contributed by atoms with Crippen LogP contribution in [0.15, 0.2) is 29.2 Å². The van der Waals surface area contributed by atoms with E-state index in [4.69, 9.17) is 0 Å². The lowest BCUT2D eigenvalue weighted by Gasteiger charge is -2.32. The van der Waals surface area contributed by atoms with Crippen molar-refractivity contribution >= 4 is 38.2 Å². The molecule has 0 spiro atoms. The van der Waals surface area contributed by atoms with E-state index in [2.05, 4.69) is 24.1 Å². The third-order valence-corrected chi connectivity index (χ3v) is 11.3. The normalized spacial score (nSPS) is 21.1. The minimum absolute atomic E-state index is 0.00499. The first-order chi connectivity index (χ1) is 18.2. The fourth-order valence-electron chi connectivity index (χ4n) is 5.77. The third-order valence-electron chi connectivity index (χ3n) is 8.12. The van der Waals surface area contributed by atoms with Crippen LogP contribution in [0.5, 0.6) is 0 Å². The summed E-state index contributed by atoms with van der Waals surface area (Å²) < 4.78 is 27.9. The Morgan fingerprint density at radius 3 is 2.34 bits per heavy atom. The van der Waals surface area contributed by atoms with E-state index in [-0.39, 0.29) is 22.8 Å². The average molecular weight is 559 g/mol. The van der Waals surface area contributed by atoms with Crippen LogP contribution in [0.3, 0.4) is 0 Å². The number of hydrogen-bond donors (Lipinski definition) is 1. The van der Waals surface area contributed by atoms with Crippen LogP contribution in [-0.2, 0) is 23.0 Å². The zero-order valence-corrected chi connectivity index (χ0v) is 24.2. The number of anilines is 1. The maximum absolute atomic E-state index is 13.6. The van der Waals surface area contributed by atoms with Gasteiger partial charge in [0.25, 0.3) is 11.8 Å². The number of likely N-dealkylation sites (tertiary alicyclic amines) is 1. The van der Waals surface area contributed by atoms with Crippen molar-refractivity contribution in [1.29, 1.82) is 0 Å². The molecule has 0 aliphatic carbocycles. The van der Waals surface area contributed by atoms with Crippen LogP contribution in [0.1, 0.15) is 84.0 Å². The lowest BCUT2D eigenvalue weighted by Crippen LogP contribution is -2.41. The second-order valence-electron chi connectivity index (χ2n) is 11.0. The van der Waals surface area contributed by atoms with E-state index in [1.54, 1.807) is 16.4 Å². The molecule has 2 amide bonds. The highest BCUT2D eigenvalue weighted by atomic mass is 32.2. The number of hydrogen-bond acceptors (Lipinski definition) is 6. The fourth-order valence-corrected chi connectivity index (χ4v) is 8.73. The number of nitrogens with zero attached hydrogens (tertiary/aromatic N) is 3. The number of piperidine rings is 1. The predicted octanol–water partition coefficient (Wildman–Crippen LogP) is 4.57. The molecule has 0 radical (unpaired) electrons. The number of carbonyl (C=O) groups is 2. The fraction of sp³-hybridized carbons (Fsp3) is 0.571. The van der Waals surface area contributed by atoms with Crippen molar-refractivity contribution in [1.82, 2.24) is 14.1 Å². The van der Waals surface area contributed by atoms with E-state index < -0.39 is 10.0 Å². The Morgan fingerprint density at radius 2 is 1.68 bits per heavy atom. The largest absolute Gasteiger partial charge is 0.339 e. The van der Waals surface area contributed by atoms with Crippen molar-refractivity contribution in [2.45, 2.75) is 82.8 Å². The van der Waals surface area contributed by atoms with Gasteiger partial charge in [-0.25, -0.2) is 8.42 Å². The molecule has 1 unspecified atom stereocenters. The van der Waals surface area contributed by atoms with Crippen molar-refractivity contribution < 1.29 is 18.0 Å². The SMILES string of the molecule is CC(C)N1CCc2c(sc(NC(=O)c3ccc(S(=O)(=O)N4CCCCC4C)cc3)c2C(=O)N2CCCC2)C1. The van der Waals surface area contributed by atoms with Gasteiger partial charge in [-0.15, -0.1) is 11.3 Å². The zero-order chi connectivity index (χ0) is 27.0. The second kappa shape index (κ2) is 11.1. The monoisotopic (exact) mass is 558 g/mol. The topological polar surface area (TPSA) is 90.0 Å². The first kappa shape index (κ1) is 27.3. The molecular weight excluding hydrogens is 520 g/mol. The summed E-state index contributed by atoms with van der Waals surface area (Å²) in [6.45, 7) is 9.98. The van der Waals surface area contributed by atoms with Gasteiger partial charge in [0.15, 0.2) is 0 Å². The summed E-state index contributed by atoms with van der Waals surface area (Å²) in [6, 6.07) is 6.53. The average Bonchev–Trinajstić information content (AvgIpc) is 3.56. The highest BCUT2D eigenvalue weighted by Crippen LogP contribution is 2.39. The van der Waals surface area contributed by atoms with Gasteiger partial charge in [0.2, 0.25) is 10.0 Å². The minimum Gasteiger partial charge on any atom is -0.339 e. The zero-order valence-electron chi connectivity index (χ0n) is 22.5. The van der Waals surface area contributed by atoms with Crippen molar-refractivity contribution in [3.05, 3.63) is 45.8 Å². The van der Waals surface area contributed by atoms with Crippen molar-refractivity contribution in [2.24, 2.45) is 0 Å². The summed E-state index contributed by atoms with van der Waals surface area (Å²) in [6.07, 6.45) is 5.56. The van der Waals surface area contributed by atoms with Crippen molar-refractivity contribution in [2.75, 3.05) is 31.5 Å². The molecule has 1 aromatic carbocycles. The van der Waals surface area contributed by atoms with Crippen molar-refractivity contribution in [3.8, 4) is 0 Å². The molecule has 0 saturated carbocycles. The lowest BCUT2D eigenvalue weighted by molar-refractivity contribution is 0.0792. The number of fused-ring (bicyclic) bond motifs is 1. The summed E-state index contributed by atoms with van der Waals surface area (Å²) >= 11 is 1.50. The second-order valence-corrected chi connectivity index (χ2v) is 14.0. The number of amides is 2. The minimum atomic E-state index is -3.61. The van der Waals surface area contributed by atoms with Gasteiger partial charge in [0, 0.05) is 55.2 Å². The van der Waals surface area contributed by atoms with Crippen LogP contribution in [0.2, 0.25) is 0 Å². The van der Waals surface area contributed by atoms with E-state index in [0.717, 1.165) is 75.1 Å². The number of thiophene rings is 1. The number of rotatable bonds is 6. The first-order valence-electron chi connectivity index (χ1n) is 13.8. The Kier molecular flexibility index (Phi) is 7.96. The number of carbonyl (C=O) groups excluding carboxylic acids is 2. The molecule has 3 aliphatic rings. The molecule has 4 heterocycles. The lowest BCUT2D eigenvalue weighted by atomic mass is 10.0. The third kappa shape index (κ3) is 5.28. The molecule has 2 aromatic rings. The number of benzene rings is 1. The first-order valence-corrected chi connectivity index (χ1v) is 16.0. The summed E-state index contributed by atoms with van der Waals surface area (Å²) in [4.78, 5) is 32.5. The van der Waals surface area contributed by atoms with Crippen LogP contribution < -0.4 is 5.32 Å². The van der Waals surface area contributed by atoms with Crippen LogP contribution in [-0.4, -0.2) is 72.6 Å². The van der Waals surface area contributed by atoms with Gasteiger partial charge in [-0.3, -0.25) is 14.5 Å². The summed E-state index contributed by atoms with van der Waals surface area (Å²) in [5.74, 6) is -0.333. The Hall–Kier alpha value is -2.27. The van der Waals surface area contributed by atoms with Gasteiger partial charge in [-0.2, -0.15) is 4.31 Å². The molecule has 3 aliphatic heterocycles. The Morgan fingerprint density at radius 1 is 1.00 bits per heavy atom. The Bertz CT molecular complexity index is 1300. The van der Waals surface area contributed by atoms with Gasteiger partial charge in [-0.05, 0) is 82.7 Å². The van der Waals surface area contributed by atoms with Gasteiger partial charge < -0.3 is 10.2 Å². The molecule has 1 aromatic heterocycles. The summed E-state index contributed by atoms with van der Waals surface area (Å²) in [5.41, 5.74) is 2.07. The summed E-state index contributed by atoms with van der Waals surface area (Å²) in [5, 5.41) is 3.61. The number of sulfonamides is 1. The van der Waals surface area contributed by atoms with Gasteiger partial charge in [-0.1, -0.05) is 6.42 Å². The molecular formula is C28H38N4O4S2. The molecule has 206 valence electrons. The van der Waals surface area contributed by atoms with E-state index >= 15 is 0 Å². The van der Waals surface area contributed by atoms with Gasteiger partial charge in [0.05, 0.1) is 10.5 Å². The quantitative estimate of drug-likeness (QED) is 0.561. The molecule has 2 saturated heterocycles. The van der Waals surface area contributed by atoms with Crippen LogP contribution in [0.4, 0.5) is 5.00 Å². The highest BCUT2D eigenvalue weighted by Gasteiger charge is 2.33. The smallest absolute Gasteiger partial charge is 0.257 e. The molecule has 2 fully saturated rings. The standard InChI is InChI=1S/C28H38N4O4S2/c1-19(2)31-17-13-23-24(18-31)37-27(25(23)28(34)30-14-6-7-15-30)29-26(33)21-9-11-22(12-10-21)38(35,36)32-16-5-4-8-20(32)3/h9-12,19-20H,4-8,13-18H2,1-3H3,(H,29,33). The van der Waals surface area contributed by atoms with Crippen molar-refractivity contribution in [3.63, 3.8) is 0 Å². The molecule has 1 N–H and O–H groups in total. The van der Waals surface area contributed by atoms with Gasteiger partial charge in [0.1, 0.15) is 5.00 Å². The van der Waals surface area contributed by atoms with E-state index in [1.165, 1.54) is 23.5 Å². The van der Waals surface area contributed by atoms with E-state index in [9.17, 15) is 18.0 Å². The molecule has 10 heteroatoms. The highest BCUT2D eigenvalue weighted by molar-refractivity contribution is 7.89. The maximum atomic E-state index is 13.6. The maximum Gasteiger partial charge on any atom is 0.257 e. The van der Waals surface area contributed by atoms with E-state index in [1.807, 2.05) is 11.8 Å². The molecule has 0 bridgehead atoms. The molecule has 1 atom stereocenters. The molecule has 5 rings (SSSR count). The van der Waals surface area contributed by atoms with Crippen LogP contribution in [0.25, 0.3) is 0 Å². The predicted molar refractivity (Wildman–Crippen MR) is 150 cm³/mol. The van der Waals surface area contributed by atoms with Gasteiger partial charge >= 0.3 is 0 Å². The summed E-state index contributed by atoms with van der Waals surface area (Å²) in [7, 11) is -3.61. The number of nitrogens with one attached hydrogen (secondary N) is 1. The molecule has 8 nitrogen and oxygen atoms in total. The molecule has 38 heavy (non-hydrogen) atoms.